The van der Waals surface area contributed by atoms with E-state index in [1.54, 1.807) is 0 Å². The highest BCUT2D eigenvalue weighted by Gasteiger charge is 2.26. The molecule has 4 nitrogen and oxygen atoms in total. The fraction of sp³-hybridized carbons (Fsp3) is 0.857. The minimum Gasteiger partial charge on any atom is -0.355 e. The molecule has 0 bridgehead atoms. The van der Waals surface area contributed by atoms with E-state index in [4.69, 9.17) is 5.26 Å². The van der Waals surface area contributed by atoms with Gasteiger partial charge in [-0.15, -0.1) is 0 Å². The molecular formula is C14H25N3O. The van der Waals surface area contributed by atoms with Gasteiger partial charge in [-0.2, -0.15) is 5.26 Å². The first-order valence-electron chi connectivity index (χ1n) is 6.96. The maximum atomic E-state index is 12.0. The first kappa shape index (κ1) is 15.0. The van der Waals surface area contributed by atoms with E-state index in [1.165, 1.54) is 0 Å². The maximum absolute atomic E-state index is 12.0. The molecule has 0 aromatic rings. The highest BCUT2D eigenvalue weighted by atomic mass is 16.2. The molecule has 1 rings (SSSR count). The minimum atomic E-state index is -0.0724. The van der Waals surface area contributed by atoms with Crippen LogP contribution in [0.2, 0.25) is 0 Å². The standard InChI is InChI=1S/C14H25N3O/c1-11(2)4-7-16-14(18)12(3)17-8-5-13(10-15)6-9-17/h11-13H,4-9H2,1-3H3,(H,16,18). The molecule has 18 heavy (non-hydrogen) atoms. The second-order valence-electron chi connectivity index (χ2n) is 5.59. The molecule has 1 amide bonds. The van der Waals surface area contributed by atoms with Gasteiger partial charge in [-0.1, -0.05) is 13.8 Å². The molecular weight excluding hydrogens is 226 g/mol. The van der Waals surface area contributed by atoms with E-state index >= 15 is 0 Å². The number of nitrogens with one attached hydrogen (secondary N) is 1. The molecule has 0 aromatic carbocycles. The van der Waals surface area contributed by atoms with Gasteiger partial charge in [0.25, 0.3) is 0 Å². The van der Waals surface area contributed by atoms with Gasteiger partial charge in [0.1, 0.15) is 0 Å². The third kappa shape index (κ3) is 4.66. The summed E-state index contributed by atoms with van der Waals surface area (Å²) in [4.78, 5) is 14.1. The van der Waals surface area contributed by atoms with Crippen LogP contribution in [0.4, 0.5) is 0 Å². The van der Waals surface area contributed by atoms with Crippen molar-refractivity contribution in [3.63, 3.8) is 0 Å². The summed E-state index contributed by atoms with van der Waals surface area (Å²) in [6.07, 6.45) is 2.80. The van der Waals surface area contributed by atoms with E-state index in [0.717, 1.165) is 38.9 Å². The Morgan fingerprint density at radius 2 is 2.00 bits per heavy atom. The molecule has 0 aromatic heterocycles. The number of hydrogen-bond donors (Lipinski definition) is 1. The SMILES string of the molecule is CC(C)CCNC(=O)C(C)N1CCC(C#N)CC1. The summed E-state index contributed by atoms with van der Waals surface area (Å²) in [6, 6.07) is 2.24. The van der Waals surface area contributed by atoms with Crippen LogP contribution in [0, 0.1) is 23.2 Å². The molecule has 0 radical (unpaired) electrons. The average Bonchev–Trinajstić information content (AvgIpc) is 2.37. The maximum Gasteiger partial charge on any atom is 0.237 e. The van der Waals surface area contributed by atoms with Crippen LogP contribution in [0.25, 0.3) is 0 Å². The molecule has 1 fully saturated rings. The fourth-order valence-corrected chi connectivity index (χ4v) is 2.21. The van der Waals surface area contributed by atoms with Crippen molar-refractivity contribution in [1.82, 2.24) is 10.2 Å². The van der Waals surface area contributed by atoms with Crippen molar-refractivity contribution in [2.45, 2.75) is 46.1 Å². The highest BCUT2D eigenvalue weighted by molar-refractivity contribution is 5.81. The van der Waals surface area contributed by atoms with E-state index in [0.29, 0.717) is 5.92 Å². The normalized spacial score (nSPS) is 19.5. The Morgan fingerprint density at radius 3 is 2.50 bits per heavy atom. The number of carbonyl (C=O) groups excluding carboxylic acids is 1. The Kier molecular flexibility index (Phi) is 6.14. The number of carbonyl (C=O) groups is 1. The number of hydrogen-bond acceptors (Lipinski definition) is 3. The molecule has 1 N–H and O–H groups in total. The zero-order valence-electron chi connectivity index (χ0n) is 11.8. The topological polar surface area (TPSA) is 56.1 Å². The lowest BCUT2D eigenvalue weighted by Crippen LogP contribution is -2.48. The molecule has 4 heteroatoms. The van der Waals surface area contributed by atoms with Gasteiger partial charge in [0.2, 0.25) is 5.91 Å². The first-order chi connectivity index (χ1) is 8.54. The number of amides is 1. The Morgan fingerprint density at radius 1 is 1.39 bits per heavy atom. The van der Waals surface area contributed by atoms with E-state index in [2.05, 4.69) is 30.1 Å². The van der Waals surface area contributed by atoms with Crippen LogP contribution in [0.5, 0.6) is 0 Å². The van der Waals surface area contributed by atoms with Crippen molar-refractivity contribution >= 4 is 5.91 Å². The van der Waals surface area contributed by atoms with E-state index in [-0.39, 0.29) is 17.9 Å². The minimum absolute atomic E-state index is 0.0724. The van der Waals surface area contributed by atoms with E-state index in [9.17, 15) is 4.79 Å². The van der Waals surface area contributed by atoms with Crippen molar-refractivity contribution < 1.29 is 4.79 Å². The van der Waals surface area contributed by atoms with Gasteiger partial charge in [0.05, 0.1) is 12.1 Å². The fourth-order valence-electron chi connectivity index (χ4n) is 2.21. The molecule has 0 saturated carbocycles. The monoisotopic (exact) mass is 251 g/mol. The van der Waals surface area contributed by atoms with Crippen molar-refractivity contribution in [3.05, 3.63) is 0 Å². The summed E-state index contributed by atoms with van der Waals surface area (Å²) >= 11 is 0. The van der Waals surface area contributed by atoms with Gasteiger partial charge in [0, 0.05) is 25.6 Å². The van der Waals surface area contributed by atoms with Gasteiger partial charge in [-0.05, 0) is 32.1 Å². The number of nitriles is 1. The predicted octanol–water partition coefficient (Wildman–Crippen LogP) is 1.77. The average molecular weight is 251 g/mol. The molecule has 1 aliphatic rings. The molecule has 0 spiro atoms. The lowest BCUT2D eigenvalue weighted by molar-refractivity contribution is -0.126. The van der Waals surface area contributed by atoms with E-state index in [1.807, 2.05) is 6.92 Å². The summed E-state index contributed by atoms with van der Waals surface area (Å²) in [5, 5.41) is 11.8. The quantitative estimate of drug-likeness (QED) is 0.810. The van der Waals surface area contributed by atoms with Crippen LogP contribution in [-0.4, -0.2) is 36.5 Å². The van der Waals surface area contributed by atoms with Gasteiger partial charge in [-0.25, -0.2) is 0 Å². The van der Waals surface area contributed by atoms with Crippen LogP contribution in [0.1, 0.15) is 40.0 Å². The van der Waals surface area contributed by atoms with Crippen molar-refractivity contribution in [3.8, 4) is 6.07 Å². The van der Waals surface area contributed by atoms with Crippen molar-refractivity contribution in [2.24, 2.45) is 11.8 Å². The molecule has 1 aliphatic heterocycles. The largest absolute Gasteiger partial charge is 0.355 e. The Bertz CT molecular complexity index is 301. The van der Waals surface area contributed by atoms with Crippen LogP contribution >= 0.6 is 0 Å². The number of nitrogens with zero attached hydrogens (tertiary/aromatic N) is 2. The van der Waals surface area contributed by atoms with Crippen LogP contribution in [0.15, 0.2) is 0 Å². The lowest BCUT2D eigenvalue weighted by Gasteiger charge is -2.33. The molecule has 1 heterocycles. The molecule has 0 aliphatic carbocycles. The lowest BCUT2D eigenvalue weighted by atomic mass is 9.97. The third-order valence-electron chi connectivity index (χ3n) is 3.66. The smallest absolute Gasteiger partial charge is 0.237 e. The van der Waals surface area contributed by atoms with Gasteiger partial charge in [0.15, 0.2) is 0 Å². The van der Waals surface area contributed by atoms with Crippen molar-refractivity contribution in [1.29, 1.82) is 5.26 Å². The number of rotatable bonds is 5. The number of piperidine rings is 1. The van der Waals surface area contributed by atoms with Crippen LogP contribution in [0.3, 0.4) is 0 Å². The first-order valence-corrected chi connectivity index (χ1v) is 6.96. The third-order valence-corrected chi connectivity index (χ3v) is 3.66. The summed E-state index contributed by atoms with van der Waals surface area (Å²) in [5.74, 6) is 0.912. The summed E-state index contributed by atoms with van der Waals surface area (Å²) in [5.41, 5.74) is 0. The summed E-state index contributed by atoms with van der Waals surface area (Å²) in [7, 11) is 0. The Balaban J connectivity index is 2.29. The molecule has 1 saturated heterocycles. The van der Waals surface area contributed by atoms with Crippen molar-refractivity contribution in [2.75, 3.05) is 19.6 Å². The predicted molar refractivity (Wildman–Crippen MR) is 71.8 cm³/mol. The second-order valence-corrected chi connectivity index (χ2v) is 5.59. The molecule has 1 unspecified atom stereocenters. The highest BCUT2D eigenvalue weighted by Crippen LogP contribution is 2.18. The van der Waals surface area contributed by atoms with Gasteiger partial charge >= 0.3 is 0 Å². The summed E-state index contributed by atoms with van der Waals surface area (Å²) < 4.78 is 0. The Hall–Kier alpha value is -1.08. The second kappa shape index (κ2) is 7.38. The zero-order chi connectivity index (χ0) is 13.5. The zero-order valence-corrected chi connectivity index (χ0v) is 11.8. The number of likely N-dealkylation sites (tertiary alicyclic amines) is 1. The summed E-state index contributed by atoms with van der Waals surface area (Å²) in [6.45, 7) is 8.74. The van der Waals surface area contributed by atoms with Gasteiger partial charge in [-0.3, -0.25) is 9.69 Å². The van der Waals surface area contributed by atoms with Gasteiger partial charge < -0.3 is 5.32 Å². The molecule has 102 valence electrons. The van der Waals surface area contributed by atoms with E-state index < -0.39 is 0 Å². The molecule has 1 atom stereocenters. The Labute approximate surface area is 110 Å². The van der Waals surface area contributed by atoms with Crippen LogP contribution < -0.4 is 5.32 Å². The van der Waals surface area contributed by atoms with Crippen LogP contribution in [-0.2, 0) is 4.79 Å².